The molecule has 122 valence electrons. The van der Waals surface area contributed by atoms with Crippen molar-refractivity contribution in [1.82, 2.24) is 4.90 Å². The lowest BCUT2D eigenvalue weighted by Crippen LogP contribution is -2.27. The second kappa shape index (κ2) is 6.76. The second-order valence-electron chi connectivity index (χ2n) is 4.94. The van der Waals surface area contributed by atoms with Crippen LogP contribution in [0.5, 0.6) is 0 Å². The first kappa shape index (κ1) is 16.1. The lowest BCUT2D eigenvalue weighted by Gasteiger charge is -2.09. The predicted octanol–water partition coefficient (Wildman–Crippen LogP) is 3.30. The highest BCUT2D eigenvalue weighted by Gasteiger charge is 2.35. The summed E-state index contributed by atoms with van der Waals surface area (Å²) in [5, 5.41) is -0.377. The third-order valence-electron chi connectivity index (χ3n) is 3.33. The number of furan rings is 1. The average molecular weight is 343 g/mol. The molecule has 0 spiro atoms. The van der Waals surface area contributed by atoms with Crippen LogP contribution in [0, 0.1) is 0 Å². The number of nitrogens with zero attached hydrogens (tertiary/aromatic N) is 1. The van der Waals surface area contributed by atoms with E-state index in [0.717, 1.165) is 22.2 Å². The molecule has 0 N–H and O–H groups in total. The van der Waals surface area contributed by atoms with Crippen LogP contribution in [-0.4, -0.2) is 29.1 Å². The van der Waals surface area contributed by atoms with Gasteiger partial charge in [0.15, 0.2) is 0 Å². The summed E-state index contributed by atoms with van der Waals surface area (Å²) in [5.41, 5.74) is 0.842. The molecule has 2 heterocycles. The highest BCUT2D eigenvalue weighted by atomic mass is 32.2. The highest BCUT2D eigenvalue weighted by molar-refractivity contribution is 8.18. The normalized spacial score (nSPS) is 16.0. The number of ether oxygens (including phenoxy) is 1. The summed E-state index contributed by atoms with van der Waals surface area (Å²) in [6.45, 7) is -0.0339. The summed E-state index contributed by atoms with van der Waals surface area (Å²) in [4.78, 5) is 37.3. The number of amides is 2. The van der Waals surface area contributed by atoms with Crippen molar-refractivity contribution in [3.63, 3.8) is 0 Å². The van der Waals surface area contributed by atoms with Crippen molar-refractivity contribution in [3.05, 3.63) is 64.5 Å². The van der Waals surface area contributed by atoms with Crippen molar-refractivity contribution < 1.29 is 23.5 Å². The van der Waals surface area contributed by atoms with Crippen LogP contribution in [0.15, 0.2) is 51.8 Å². The van der Waals surface area contributed by atoms with Gasteiger partial charge in [-0.1, -0.05) is 30.3 Å². The van der Waals surface area contributed by atoms with Gasteiger partial charge in [-0.25, -0.2) is 4.79 Å². The second-order valence-corrected chi connectivity index (χ2v) is 5.93. The fourth-order valence-electron chi connectivity index (χ4n) is 2.17. The van der Waals surface area contributed by atoms with Crippen molar-refractivity contribution in [2.24, 2.45) is 0 Å². The Bertz CT molecular complexity index is 825. The van der Waals surface area contributed by atoms with E-state index in [9.17, 15) is 14.4 Å². The minimum Gasteiger partial charge on any atom is -0.463 e. The Kier molecular flexibility index (Phi) is 4.52. The zero-order chi connectivity index (χ0) is 17.1. The van der Waals surface area contributed by atoms with Gasteiger partial charge in [0.25, 0.3) is 11.1 Å². The van der Waals surface area contributed by atoms with Crippen LogP contribution in [0.1, 0.15) is 21.9 Å². The molecule has 1 aliphatic heterocycles. The Balaban J connectivity index is 1.76. The van der Waals surface area contributed by atoms with Gasteiger partial charge in [0.05, 0.1) is 18.6 Å². The number of rotatable bonds is 4. The molecular weight excluding hydrogens is 330 g/mol. The van der Waals surface area contributed by atoms with Crippen molar-refractivity contribution in [1.29, 1.82) is 0 Å². The molecule has 3 rings (SSSR count). The minimum atomic E-state index is -0.612. The van der Waals surface area contributed by atoms with Crippen molar-refractivity contribution in [3.8, 4) is 0 Å². The van der Waals surface area contributed by atoms with E-state index in [4.69, 9.17) is 4.42 Å². The Labute approximate surface area is 142 Å². The van der Waals surface area contributed by atoms with Crippen LogP contribution < -0.4 is 0 Å². The zero-order valence-electron chi connectivity index (χ0n) is 12.7. The van der Waals surface area contributed by atoms with Crippen LogP contribution >= 0.6 is 11.8 Å². The number of hydrogen-bond donors (Lipinski definition) is 0. The molecule has 1 aromatic carbocycles. The van der Waals surface area contributed by atoms with E-state index >= 15 is 0 Å². The third kappa shape index (κ3) is 3.26. The molecule has 1 fully saturated rings. The maximum atomic E-state index is 12.4. The first-order valence-electron chi connectivity index (χ1n) is 7.06. The largest absolute Gasteiger partial charge is 0.463 e. The molecule has 0 aliphatic carbocycles. The molecule has 2 amide bonds. The number of carbonyl (C=O) groups excluding carboxylic acids is 3. The molecule has 1 aliphatic rings. The van der Waals surface area contributed by atoms with E-state index in [1.807, 2.05) is 30.3 Å². The molecule has 1 aromatic heterocycles. The lowest BCUT2D eigenvalue weighted by molar-refractivity contribution is -0.123. The third-order valence-corrected chi connectivity index (χ3v) is 4.24. The van der Waals surface area contributed by atoms with E-state index in [0.29, 0.717) is 10.7 Å². The standard InChI is InChI=1S/C17H13NO5S/c1-22-16(20)13-8-7-12(23-13)10-18-15(19)14(24-17(18)21)9-11-5-3-2-4-6-11/h2-9H,10H2,1H3. The summed E-state index contributed by atoms with van der Waals surface area (Å²) in [5.74, 6) is -0.637. The quantitative estimate of drug-likeness (QED) is 0.626. The molecule has 0 unspecified atom stereocenters. The maximum absolute atomic E-state index is 12.4. The van der Waals surface area contributed by atoms with Crippen molar-refractivity contribution in [2.75, 3.05) is 7.11 Å². The lowest BCUT2D eigenvalue weighted by atomic mass is 10.2. The van der Waals surface area contributed by atoms with Gasteiger partial charge in [0.1, 0.15) is 5.76 Å². The molecule has 0 atom stereocenters. The van der Waals surface area contributed by atoms with Gasteiger partial charge >= 0.3 is 5.97 Å². The van der Waals surface area contributed by atoms with Gasteiger partial charge in [0, 0.05) is 0 Å². The number of hydrogen-bond acceptors (Lipinski definition) is 6. The number of methoxy groups -OCH3 is 1. The van der Waals surface area contributed by atoms with Crippen LogP contribution in [0.25, 0.3) is 6.08 Å². The number of carbonyl (C=O) groups is 3. The first-order chi connectivity index (χ1) is 11.6. The van der Waals surface area contributed by atoms with E-state index < -0.39 is 5.97 Å². The molecule has 6 nitrogen and oxygen atoms in total. The average Bonchev–Trinajstić information content (AvgIpc) is 3.16. The van der Waals surface area contributed by atoms with E-state index in [2.05, 4.69) is 4.74 Å². The summed E-state index contributed by atoms with van der Waals surface area (Å²) >= 11 is 0.879. The Morgan fingerprint density at radius 3 is 2.67 bits per heavy atom. The number of esters is 1. The Morgan fingerprint density at radius 2 is 1.96 bits per heavy atom. The molecule has 0 bridgehead atoms. The van der Waals surface area contributed by atoms with Crippen LogP contribution in [0.2, 0.25) is 0 Å². The fraction of sp³-hybridized carbons (Fsp3) is 0.118. The van der Waals surface area contributed by atoms with Crippen LogP contribution in [0.3, 0.4) is 0 Å². The molecule has 0 saturated carbocycles. The van der Waals surface area contributed by atoms with E-state index in [1.165, 1.54) is 19.2 Å². The van der Waals surface area contributed by atoms with Gasteiger partial charge in [-0.3, -0.25) is 14.5 Å². The van der Waals surface area contributed by atoms with Crippen LogP contribution in [-0.2, 0) is 16.1 Å². The van der Waals surface area contributed by atoms with Gasteiger partial charge in [-0.05, 0) is 35.5 Å². The Morgan fingerprint density at radius 1 is 1.21 bits per heavy atom. The van der Waals surface area contributed by atoms with E-state index in [-0.39, 0.29) is 23.5 Å². The zero-order valence-corrected chi connectivity index (χ0v) is 13.5. The van der Waals surface area contributed by atoms with Gasteiger partial charge in [-0.2, -0.15) is 0 Å². The molecule has 1 saturated heterocycles. The smallest absolute Gasteiger partial charge is 0.373 e. The predicted molar refractivity (Wildman–Crippen MR) is 88.0 cm³/mol. The summed E-state index contributed by atoms with van der Waals surface area (Å²) in [6.07, 6.45) is 1.67. The molecule has 24 heavy (non-hydrogen) atoms. The summed E-state index contributed by atoms with van der Waals surface area (Å²) in [7, 11) is 1.25. The van der Waals surface area contributed by atoms with Gasteiger partial charge in [0.2, 0.25) is 5.76 Å². The number of imide groups is 1. The van der Waals surface area contributed by atoms with Crippen molar-refractivity contribution in [2.45, 2.75) is 6.54 Å². The summed E-state index contributed by atoms with van der Waals surface area (Å²) in [6, 6.07) is 12.3. The minimum absolute atomic E-state index is 0.0271. The molecular formula is C17H13NO5S. The molecule has 2 aromatic rings. The number of thioether (sulfide) groups is 1. The monoisotopic (exact) mass is 343 g/mol. The van der Waals surface area contributed by atoms with Crippen molar-refractivity contribution >= 4 is 35.0 Å². The maximum Gasteiger partial charge on any atom is 0.373 e. The molecule has 0 radical (unpaired) electrons. The first-order valence-corrected chi connectivity index (χ1v) is 7.87. The van der Waals surface area contributed by atoms with Crippen LogP contribution in [0.4, 0.5) is 4.79 Å². The SMILES string of the molecule is COC(=O)c1ccc(CN2C(=O)SC(=Cc3ccccc3)C2=O)o1. The highest BCUT2D eigenvalue weighted by Crippen LogP contribution is 2.33. The van der Waals surface area contributed by atoms with Gasteiger partial charge in [-0.15, -0.1) is 0 Å². The van der Waals surface area contributed by atoms with E-state index in [1.54, 1.807) is 6.08 Å². The van der Waals surface area contributed by atoms with Gasteiger partial charge < -0.3 is 9.15 Å². The topological polar surface area (TPSA) is 76.8 Å². The number of benzene rings is 1. The summed E-state index contributed by atoms with van der Waals surface area (Å²) < 4.78 is 9.85. The Hall–Kier alpha value is -2.80. The molecule has 7 heteroatoms. The fourth-order valence-corrected chi connectivity index (χ4v) is 3.00.